The lowest BCUT2D eigenvalue weighted by Gasteiger charge is -2.08. The van der Waals surface area contributed by atoms with Crippen molar-refractivity contribution in [1.82, 2.24) is 24.7 Å². The van der Waals surface area contributed by atoms with Gasteiger partial charge in [0.25, 0.3) is 11.8 Å². The number of nitrogens with zero attached hydrogens (tertiary/aromatic N) is 5. The van der Waals surface area contributed by atoms with Gasteiger partial charge in [-0.2, -0.15) is 4.98 Å². The van der Waals surface area contributed by atoms with E-state index in [-0.39, 0.29) is 17.5 Å². The Hall–Kier alpha value is -3.81. The van der Waals surface area contributed by atoms with Crippen LogP contribution in [0, 0.1) is 13.8 Å². The van der Waals surface area contributed by atoms with E-state index in [0.717, 1.165) is 16.8 Å². The molecule has 4 aromatic rings. The fourth-order valence-electron chi connectivity index (χ4n) is 3.04. The number of aromatic nitrogens is 5. The van der Waals surface area contributed by atoms with Gasteiger partial charge < -0.3 is 9.84 Å². The summed E-state index contributed by atoms with van der Waals surface area (Å²) in [6.45, 7) is 7.96. The number of amides is 1. The molecule has 0 saturated carbocycles. The van der Waals surface area contributed by atoms with Gasteiger partial charge in [0.15, 0.2) is 11.6 Å². The summed E-state index contributed by atoms with van der Waals surface area (Å²) in [6, 6.07) is 9.50. The van der Waals surface area contributed by atoms with E-state index in [1.54, 1.807) is 29.4 Å². The maximum absolute atomic E-state index is 12.7. The molecule has 0 unspecified atom stereocenters. The van der Waals surface area contributed by atoms with E-state index in [1.165, 1.54) is 0 Å². The summed E-state index contributed by atoms with van der Waals surface area (Å²) in [5.41, 5.74) is 3.83. The highest BCUT2D eigenvalue weighted by molar-refractivity contribution is 6.03. The number of rotatable bonds is 5. The van der Waals surface area contributed by atoms with Crippen LogP contribution in [0.5, 0.6) is 0 Å². The van der Waals surface area contributed by atoms with Crippen molar-refractivity contribution in [1.29, 1.82) is 0 Å². The molecule has 0 aliphatic rings. The van der Waals surface area contributed by atoms with Crippen molar-refractivity contribution >= 4 is 11.6 Å². The Morgan fingerprint density at radius 3 is 2.73 bits per heavy atom. The van der Waals surface area contributed by atoms with Crippen LogP contribution in [0.3, 0.4) is 0 Å². The molecule has 0 aliphatic heterocycles. The number of benzene rings is 1. The van der Waals surface area contributed by atoms with Gasteiger partial charge >= 0.3 is 0 Å². The lowest BCUT2D eigenvalue weighted by atomic mass is 10.1. The molecule has 0 bridgehead atoms. The monoisotopic (exact) mass is 402 g/mol. The normalized spacial score (nSPS) is 11.1. The van der Waals surface area contributed by atoms with Gasteiger partial charge in [0.2, 0.25) is 0 Å². The average molecular weight is 402 g/mol. The predicted molar refractivity (Wildman–Crippen MR) is 113 cm³/mol. The largest absolute Gasteiger partial charge is 0.334 e. The first-order valence-electron chi connectivity index (χ1n) is 9.64. The maximum atomic E-state index is 12.7. The second kappa shape index (κ2) is 7.90. The molecule has 1 N–H and O–H groups in total. The third-order valence-corrected chi connectivity index (χ3v) is 4.67. The van der Waals surface area contributed by atoms with Gasteiger partial charge in [-0.3, -0.25) is 9.36 Å². The average Bonchev–Trinajstić information content (AvgIpc) is 3.40. The number of carbonyl (C=O) groups excluding carboxylic acids is 1. The van der Waals surface area contributed by atoms with Crippen molar-refractivity contribution in [2.75, 3.05) is 5.32 Å². The zero-order valence-corrected chi connectivity index (χ0v) is 17.2. The number of nitrogens with one attached hydrogen (secondary N) is 1. The van der Waals surface area contributed by atoms with Crippen LogP contribution >= 0.6 is 0 Å². The predicted octanol–water partition coefficient (Wildman–Crippen LogP) is 4.31. The summed E-state index contributed by atoms with van der Waals surface area (Å²) in [6.07, 6.45) is 4.83. The van der Waals surface area contributed by atoms with Crippen molar-refractivity contribution in [3.8, 4) is 17.3 Å². The Balaban J connectivity index is 1.62. The van der Waals surface area contributed by atoms with Gasteiger partial charge in [0.05, 0.1) is 5.56 Å². The van der Waals surface area contributed by atoms with Crippen LogP contribution in [0.15, 0.2) is 53.6 Å². The molecule has 3 heterocycles. The molecule has 0 aliphatic carbocycles. The second-order valence-corrected chi connectivity index (χ2v) is 7.43. The quantitative estimate of drug-likeness (QED) is 0.534. The summed E-state index contributed by atoms with van der Waals surface area (Å²) < 4.78 is 7.09. The van der Waals surface area contributed by atoms with Gasteiger partial charge in [0, 0.05) is 24.0 Å². The van der Waals surface area contributed by atoms with E-state index < -0.39 is 0 Å². The van der Waals surface area contributed by atoms with Crippen LogP contribution in [-0.4, -0.2) is 30.6 Å². The summed E-state index contributed by atoms with van der Waals surface area (Å²) in [5, 5.41) is 6.92. The van der Waals surface area contributed by atoms with Gasteiger partial charge in [-0.1, -0.05) is 36.7 Å². The van der Waals surface area contributed by atoms with Crippen molar-refractivity contribution in [3.05, 3.63) is 71.7 Å². The molecule has 4 rings (SSSR count). The van der Waals surface area contributed by atoms with E-state index in [9.17, 15) is 4.79 Å². The van der Waals surface area contributed by atoms with Gasteiger partial charge in [-0.25, -0.2) is 9.97 Å². The highest BCUT2D eigenvalue weighted by Gasteiger charge is 2.18. The molecule has 8 heteroatoms. The minimum atomic E-state index is -0.293. The second-order valence-electron chi connectivity index (χ2n) is 7.43. The van der Waals surface area contributed by atoms with E-state index in [4.69, 9.17) is 4.52 Å². The van der Waals surface area contributed by atoms with Crippen molar-refractivity contribution < 1.29 is 9.32 Å². The molecule has 1 amide bonds. The molecule has 30 heavy (non-hydrogen) atoms. The summed E-state index contributed by atoms with van der Waals surface area (Å²) in [5.74, 6) is 1.40. The minimum Gasteiger partial charge on any atom is -0.334 e. The third-order valence-electron chi connectivity index (χ3n) is 4.67. The van der Waals surface area contributed by atoms with Crippen molar-refractivity contribution in [3.63, 3.8) is 0 Å². The van der Waals surface area contributed by atoms with Crippen LogP contribution in [0.1, 0.15) is 47.2 Å². The lowest BCUT2D eigenvalue weighted by Crippen LogP contribution is -2.13. The summed E-state index contributed by atoms with van der Waals surface area (Å²) >= 11 is 0. The molecule has 152 valence electrons. The zero-order valence-electron chi connectivity index (χ0n) is 17.2. The van der Waals surface area contributed by atoms with Gasteiger partial charge in [0.1, 0.15) is 12.0 Å². The molecular weight excluding hydrogens is 380 g/mol. The SMILES string of the molecule is Cc1ccc(NC(=O)c2cn(-c3ncccc3-c3nc(C(C)C)no3)cn2)c(C)c1. The van der Waals surface area contributed by atoms with Crippen LogP contribution in [0.2, 0.25) is 0 Å². The van der Waals surface area contributed by atoms with Gasteiger partial charge in [-0.05, 0) is 37.6 Å². The molecule has 1 aromatic carbocycles. The molecule has 8 nitrogen and oxygen atoms in total. The standard InChI is InChI=1S/C22H22N6O2/c1-13(2)19-26-22(30-27-19)16-6-5-9-23-20(16)28-11-18(24-12-28)21(29)25-17-8-7-14(3)10-15(17)4/h5-13H,1-4H3,(H,25,29). The Bertz CT molecular complexity index is 1210. The molecule has 3 aromatic heterocycles. The summed E-state index contributed by atoms with van der Waals surface area (Å²) in [7, 11) is 0. The first kappa shape index (κ1) is 19.5. The Labute approximate surface area is 174 Å². The topological polar surface area (TPSA) is 98.7 Å². The van der Waals surface area contributed by atoms with E-state index in [1.807, 2.05) is 52.0 Å². The van der Waals surface area contributed by atoms with Crippen LogP contribution in [0.25, 0.3) is 17.3 Å². The Kier molecular flexibility index (Phi) is 5.14. The minimum absolute atomic E-state index is 0.149. The van der Waals surface area contributed by atoms with Crippen molar-refractivity contribution in [2.24, 2.45) is 0 Å². The lowest BCUT2D eigenvalue weighted by molar-refractivity contribution is 0.102. The number of hydrogen-bond donors (Lipinski definition) is 1. The van der Waals surface area contributed by atoms with E-state index in [2.05, 4.69) is 25.4 Å². The van der Waals surface area contributed by atoms with Crippen LogP contribution in [0.4, 0.5) is 5.69 Å². The van der Waals surface area contributed by atoms with Crippen LogP contribution < -0.4 is 5.32 Å². The molecule has 0 saturated heterocycles. The number of aryl methyl sites for hydroxylation is 2. The Morgan fingerprint density at radius 2 is 2.00 bits per heavy atom. The summed E-state index contributed by atoms with van der Waals surface area (Å²) in [4.78, 5) is 25.8. The van der Waals surface area contributed by atoms with Gasteiger partial charge in [-0.15, -0.1) is 0 Å². The molecule has 0 radical (unpaired) electrons. The third kappa shape index (κ3) is 3.84. The zero-order chi connectivity index (χ0) is 21.3. The molecular formula is C22H22N6O2. The van der Waals surface area contributed by atoms with Crippen LogP contribution in [-0.2, 0) is 0 Å². The first-order chi connectivity index (χ1) is 14.4. The number of pyridine rings is 1. The Morgan fingerprint density at radius 1 is 1.17 bits per heavy atom. The smallest absolute Gasteiger partial charge is 0.275 e. The highest BCUT2D eigenvalue weighted by atomic mass is 16.5. The molecule has 0 atom stereocenters. The number of anilines is 1. The molecule has 0 fully saturated rings. The number of imidazole rings is 1. The fraction of sp³-hybridized carbons (Fsp3) is 0.227. The van der Waals surface area contributed by atoms with Crippen molar-refractivity contribution in [2.45, 2.75) is 33.6 Å². The highest BCUT2D eigenvalue weighted by Crippen LogP contribution is 2.25. The first-order valence-corrected chi connectivity index (χ1v) is 9.64. The fourth-order valence-corrected chi connectivity index (χ4v) is 3.04. The number of hydrogen-bond acceptors (Lipinski definition) is 6. The maximum Gasteiger partial charge on any atom is 0.275 e. The number of carbonyl (C=O) groups is 1. The molecule has 0 spiro atoms. The van der Waals surface area contributed by atoms with E-state index in [0.29, 0.717) is 23.1 Å². The van der Waals surface area contributed by atoms with E-state index >= 15 is 0 Å².